The number of nitrogens with one attached hydrogen (secondary N) is 2. The maximum Gasteiger partial charge on any atom is 0.272 e. The first-order valence-corrected chi connectivity index (χ1v) is 12.9. The smallest absolute Gasteiger partial charge is 0.272 e. The summed E-state index contributed by atoms with van der Waals surface area (Å²) in [5.41, 5.74) is -0.195. The third kappa shape index (κ3) is 4.16. The second-order valence-corrected chi connectivity index (χ2v) is 11.2. The monoisotopic (exact) mass is 521 g/mol. The van der Waals surface area contributed by atoms with Crippen LogP contribution in [0.15, 0.2) is 30.5 Å². The number of fused-ring (bicyclic) bond motifs is 3. The molecule has 13 heteroatoms. The van der Waals surface area contributed by atoms with E-state index in [9.17, 15) is 26.8 Å². The number of nitrogens with zero attached hydrogens (tertiary/aromatic N) is 3. The third-order valence-corrected chi connectivity index (χ3v) is 7.01. The van der Waals surface area contributed by atoms with Crippen LogP contribution in [0.2, 0.25) is 5.02 Å². The zero-order valence-electron chi connectivity index (χ0n) is 18.2. The fraction of sp³-hybridized carbons (Fsp3) is 0.273. The van der Waals surface area contributed by atoms with Crippen molar-refractivity contribution in [3.8, 4) is 11.4 Å². The third-order valence-electron chi connectivity index (χ3n) is 6.00. The van der Waals surface area contributed by atoms with Gasteiger partial charge in [0.15, 0.2) is 15.5 Å². The molecule has 9 nitrogen and oxygen atoms in total. The van der Waals surface area contributed by atoms with Crippen molar-refractivity contribution in [3.05, 3.63) is 63.9 Å². The Labute approximate surface area is 203 Å². The van der Waals surface area contributed by atoms with Crippen LogP contribution >= 0.6 is 11.6 Å². The standard InChI is InChI=1S/C22H18ClF2N5O4S/c1-35(33,34)9-16(31)27-19-18(15-3-2-12(23)8-26-15)29-30-10-22(28-21(32)20(19)30)5-4-11-6-13(24)7-14(25)17(11)22/h2-3,6-8H,4-5,9-10H2,1H3,(H,27,31)(H,28,32)/t22-/m0/s1. The summed E-state index contributed by atoms with van der Waals surface area (Å²) in [7, 11) is -3.65. The van der Waals surface area contributed by atoms with Crippen molar-refractivity contribution < 1.29 is 26.8 Å². The number of carbonyl (C=O) groups excluding carboxylic acids is 2. The van der Waals surface area contributed by atoms with Gasteiger partial charge in [-0.25, -0.2) is 17.2 Å². The number of hydrogen-bond donors (Lipinski definition) is 2. The maximum absolute atomic E-state index is 14.8. The first kappa shape index (κ1) is 23.4. The highest BCUT2D eigenvalue weighted by molar-refractivity contribution is 7.91. The summed E-state index contributed by atoms with van der Waals surface area (Å²) in [6, 6.07) is 5.10. The number of aryl methyl sites for hydroxylation is 1. The molecule has 0 saturated carbocycles. The van der Waals surface area contributed by atoms with Gasteiger partial charge >= 0.3 is 0 Å². The van der Waals surface area contributed by atoms with Gasteiger partial charge in [0.05, 0.1) is 22.8 Å². The zero-order valence-corrected chi connectivity index (χ0v) is 19.8. The van der Waals surface area contributed by atoms with Crippen LogP contribution < -0.4 is 10.6 Å². The first-order valence-electron chi connectivity index (χ1n) is 10.5. The van der Waals surface area contributed by atoms with E-state index in [0.717, 1.165) is 12.3 Å². The molecule has 1 aliphatic carbocycles. The maximum atomic E-state index is 14.8. The van der Waals surface area contributed by atoms with Gasteiger partial charge in [-0.1, -0.05) is 11.6 Å². The predicted octanol–water partition coefficient (Wildman–Crippen LogP) is 2.44. The summed E-state index contributed by atoms with van der Waals surface area (Å²) in [6.45, 7) is 0.00611. The molecule has 1 atom stereocenters. The topological polar surface area (TPSA) is 123 Å². The molecule has 3 heterocycles. The Morgan fingerprint density at radius 3 is 2.77 bits per heavy atom. The van der Waals surface area contributed by atoms with Gasteiger partial charge in [-0.3, -0.25) is 19.3 Å². The van der Waals surface area contributed by atoms with Crippen molar-refractivity contribution in [1.82, 2.24) is 20.1 Å². The Kier molecular flexibility index (Phi) is 5.40. The molecule has 0 bridgehead atoms. The largest absolute Gasteiger partial charge is 0.339 e. The Bertz CT molecular complexity index is 1510. The molecule has 1 aliphatic heterocycles. The van der Waals surface area contributed by atoms with Gasteiger partial charge < -0.3 is 10.6 Å². The molecule has 2 aromatic heterocycles. The highest BCUT2D eigenvalue weighted by Crippen LogP contribution is 2.44. The number of rotatable bonds is 4. The van der Waals surface area contributed by atoms with Crippen LogP contribution in [-0.2, 0) is 33.1 Å². The quantitative estimate of drug-likeness (QED) is 0.543. The van der Waals surface area contributed by atoms with Crippen LogP contribution in [0, 0.1) is 11.6 Å². The molecule has 2 aliphatic rings. The van der Waals surface area contributed by atoms with Gasteiger partial charge in [0.2, 0.25) is 5.91 Å². The molecule has 0 fully saturated rings. The number of benzene rings is 1. The lowest BCUT2D eigenvalue weighted by molar-refractivity contribution is -0.113. The van der Waals surface area contributed by atoms with Crippen LogP contribution in [0.5, 0.6) is 0 Å². The van der Waals surface area contributed by atoms with Crippen molar-refractivity contribution in [2.24, 2.45) is 0 Å². The van der Waals surface area contributed by atoms with Crippen LogP contribution in [-0.4, -0.2) is 47.0 Å². The number of amides is 2. The van der Waals surface area contributed by atoms with Crippen LogP contribution in [0.3, 0.4) is 0 Å². The van der Waals surface area contributed by atoms with E-state index in [1.54, 1.807) is 6.07 Å². The van der Waals surface area contributed by atoms with Gasteiger partial charge in [0.25, 0.3) is 5.91 Å². The molecule has 2 N–H and O–H groups in total. The van der Waals surface area contributed by atoms with Crippen LogP contribution in [0.25, 0.3) is 11.4 Å². The van der Waals surface area contributed by atoms with Crippen molar-refractivity contribution >= 4 is 38.9 Å². The second kappa shape index (κ2) is 8.09. The van der Waals surface area contributed by atoms with E-state index in [4.69, 9.17) is 11.6 Å². The molecular weight excluding hydrogens is 504 g/mol. The summed E-state index contributed by atoms with van der Waals surface area (Å²) in [4.78, 5) is 30.0. The van der Waals surface area contributed by atoms with Gasteiger partial charge in [-0.2, -0.15) is 5.10 Å². The summed E-state index contributed by atoms with van der Waals surface area (Å²) in [5, 5.41) is 10.1. The minimum Gasteiger partial charge on any atom is -0.339 e. The molecule has 35 heavy (non-hydrogen) atoms. The van der Waals surface area contributed by atoms with Crippen molar-refractivity contribution in [1.29, 1.82) is 0 Å². The number of pyridine rings is 1. The molecule has 0 saturated heterocycles. The van der Waals surface area contributed by atoms with Gasteiger partial charge in [-0.15, -0.1) is 0 Å². The number of hydrogen-bond acceptors (Lipinski definition) is 6. The van der Waals surface area contributed by atoms with Gasteiger partial charge in [-0.05, 0) is 36.6 Å². The fourth-order valence-corrected chi connectivity index (χ4v) is 5.38. The molecule has 3 aromatic rings. The number of carbonyl (C=O) groups is 2. The summed E-state index contributed by atoms with van der Waals surface area (Å²) < 4.78 is 53.2. The van der Waals surface area contributed by atoms with Crippen molar-refractivity contribution in [2.45, 2.75) is 24.9 Å². The molecule has 0 unspecified atom stereocenters. The van der Waals surface area contributed by atoms with Crippen LogP contribution in [0.4, 0.5) is 14.5 Å². The first-order chi connectivity index (χ1) is 16.5. The normalized spacial score (nSPS) is 18.8. The summed E-state index contributed by atoms with van der Waals surface area (Å²) in [6.07, 6.45) is 2.94. The molecule has 2 amide bonds. The van der Waals surface area contributed by atoms with Crippen LogP contribution in [0.1, 0.15) is 28.0 Å². The molecule has 5 rings (SSSR count). The van der Waals surface area contributed by atoms with E-state index in [1.807, 2.05) is 0 Å². The second-order valence-electron chi connectivity index (χ2n) is 8.67. The van der Waals surface area contributed by atoms with Gasteiger partial charge in [0, 0.05) is 24.1 Å². The zero-order chi connectivity index (χ0) is 25.1. The Morgan fingerprint density at radius 1 is 1.31 bits per heavy atom. The van der Waals surface area contributed by atoms with Gasteiger partial charge in [0.1, 0.15) is 28.8 Å². The lowest BCUT2D eigenvalue weighted by Gasteiger charge is -2.36. The fourth-order valence-electron chi connectivity index (χ4n) is 4.72. The number of anilines is 1. The predicted molar refractivity (Wildman–Crippen MR) is 123 cm³/mol. The molecule has 0 radical (unpaired) electrons. The number of sulfone groups is 1. The minimum atomic E-state index is -3.65. The molecule has 182 valence electrons. The lowest BCUT2D eigenvalue weighted by Crippen LogP contribution is -2.53. The van der Waals surface area contributed by atoms with E-state index in [1.165, 1.54) is 23.0 Å². The highest BCUT2D eigenvalue weighted by atomic mass is 35.5. The summed E-state index contributed by atoms with van der Waals surface area (Å²) in [5.74, 6) is -3.79. The minimum absolute atomic E-state index is 0.00611. The Hall–Kier alpha value is -3.38. The van der Waals surface area contributed by atoms with E-state index >= 15 is 0 Å². The number of halogens is 3. The average Bonchev–Trinajstić information content (AvgIpc) is 3.26. The van der Waals surface area contributed by atoms with E-state index < -0.39 is 44.6 Å². The average molecular weight is 522 g/mol. The van der Waals surface area contributed by atoms with E-state index in [2.05, 4.69) is 20.7 Å². The molecule has 1 aromatic carbocycles. The summed E-state index contributed by atoms with van der Waals surface area (Å²) >= 11 is 5.92. The SMILES string of the molecule is CS(=O)(=O)CC(=O)Nc1c(-c2ccc(Cl)cn2)nn2c1C(=O)N[C@@]1(CCc3cc(F)cc(F)c31)C2. The molecule has 1 spiro atoms. The Balaban J connectivity index is 1.63. The number of aromatic nitrogens is 3. The van der Waals surface area contributed by atoms with E-state index in [-0.39, 0.29) is 34.9 Å². The van der Waals surface area contributed by atoms with E-state index in [0.29, 0.717) is 23.4 Å². The Morgan fingerprint density at radius 2 is 2.09 bits per heavy atom. The molecular formula is C22H18ClF2N5O4S. The van der Waals surface area contributed by atoms with Crippen molar-refractivity contribution in [2.75, 3.05) is 17.3 Å². The lowest BCUT2D eigenvalue weighted by atomic mass is 9.89. The highest BCUT2D eigenvalue weighted by Gasteiger charge is 2.48. The van der Waals surface area contributed by atoms with Crippen molar-refractivity contribution in [3.63, 3.8) is 0 Å².